The maximum Gasteiger partial charge on any atom is 0.323 e. The summed E-state index contributed by atoms with van der Waals surface area (Å²) in [6.45, 7) is 0.456. The lowest BCUT2D eigenvalue weighted by molar-refractivity contribution is 0.309. The van der Waals surface area contributed by atoms with Crippen LogP contribution in [-0.4, -0.2) is 9.97 Å². The molecule has 0 aliphatic heterocycles. The van der Waals surface area contributed by atoms with Gasteiger partial charge in [-0.1, -0.05) is 60.7 Å². The van der Waals surface area contributed by atoms with Crippen LogP contribution in [0, 0.1) is 0 Å². The Labute approximate surface area is 145 Å². The van der Waals surface area contributed by atoms with Crippen LogP contribution in [-0.2, 0) is 13.0 Å². The average molecular weight is 330 g/mol. The molecule has 0 aliphatic carbocycles. The van der Waals surface area contributed by atoms with Crippen molar-refractivity contribution >= 4 is 11.0 Å². The summed E-state index contributed by atoms with van der Waals surface area (Å²) in [4.78, 5) is 17.4. The van der Waals surface area contributed by atoms with E-state index < -0.39 is 0 Å². The monoisotopic (exact) mass is 330 g/mol. The van der Waals surface area contributed by atoms with E-state index in [4.69, 9.17) is 4.74 Å². The third-order valence-corrected chi connectivity index (χ3v) is 4.14. The minimum Gasteiger partial charge on any atom is -0.487 e. The second-order valence-electron chi connectivity index (χ2n) is 6.03. The van der Waals surface area contributed by atoms with Crippen LogP contribution in [0.4, 0.5) is 0 Å². The van der Waals surface area contributed by atoms with E-state index in [2.05, 4.69) is 22.1 Å². The molecule has 0 spiro atoms. The van der Waals surface area contributed by atoms with Gasteiger partial charge in [-0.3, -0.25) is 0 Å². The van der Waals surface area contributed by atoms with Crippen LogP contribution < -0.4 is 10.4 Å². The molecular formula is C21H18N2O2. The molecule has 124 valence electrons. The maximum atomic E-state index is 11.7. The quantitative estimate of drug-likeness (QED) is 0.580. The highest BCUT2D eigenvalue weighted by atomic mass is 16.5. The summed E-state index contributed by atoms with van der Waals surface area (Å²) in [6, 6.07) is 24.2. The predicted molar refractivity (Wildman–Crippen MR) is 98.9 cm³/mol. The van der Waals surface area contributed by atoms with Gasteiger partial charge in [-0.25, -0.2) is 4.79 Å². The SMILES string of the molecule is O=c1[nH]c2cc(Cc3ccccc3)cc(OCc3ccccc3)c2[nH]1. The fourth-order valence-electron chi connectivity index (χ4n) is 2.95. The number of fused-ring (bicyclic) bond motifs is 1. The number of hydrogen-bond donors (Lipinski definition) is 2. The van der Waals surface area contributed by atoms with Gasteiger partial charge in [-0.15, -0.1) is 0 Å². The van der Waals surface area contributed by atoms with Gasteiger partial charge < -0.3 is 14.7 Å². The molecular weight excluding hydrogens is 312 g/mol. The molecule has 0 bridgehead atoms. The summed E-state index contributed by atoms with van der Waals surface area (Å²) >= 11 is 0. The molecule has 0 saturated heterocycles. The van der Waals surface area contributed by atoms with Crippen molar-refractivity contribution in [2.75, 3.05) is 0 Å². The molecule has 25 heavy (non-hydrogen) atoms. The van der Waals surface area contributed by atoms with Crippen LogP contribution >= 0.6 is 0 Å². The number of aromatic nitrogens is 2. The molecule has 0 unspecified atom stereocenters. The zero-order valence-corrected chi connectivity index (χ0v) is 13.7. The van der Waals surface area contributed by atoms with Gasteiger partial charge in [0, 0.05) is 0 Å². The Bertz CT molecular complexity index is 1030. The van der Waals surface area contributed by atoms with E-state index >= 15 is 0 Å². The van der Waals surface area contributed by atoms with Crippen LogP contribution in [0.2, 0.25) is 0 Å². The van der Waals surface area contributed by atoms with Crippen molar-refractivity contribution in [2.24, 2.45) is 0 Å². The summed E-state index contributed by atoms with van der Waals surface area (Å²) < 4.78 is 6.01. The minimum atomic E-state index is -0.226. The van der Waals surface area contributed by atoms with Crippen LogP contribution in [0.1, 0.15) is 16.7 Å². The van der Waals surface area contributed by atoms with Gasteiger partial charge in [0.1, 0.15) is 17.9 Å². The van der Waals surface area contributed by atoms with Crippen molar-refractivity contribution in [2.45, 2.75) is 13.0 Å². The number of H-pyrrole nitrogens is 2. The molecule has 4 heteroatoms. The number of benzene rings is 3. The Balaban J connectivity index is 1.67. The third-order valence-electron chi connectivity index (χ3n) is 4.14. The predicted octanol–water partition coefficient (Wildman–Crippen LogP) is 4.03. The fraction of sp³-hybridized carbons (Fsp3) is 0.0952. The van der Waals surface area contributed by atoms with Crippen molar-refractivity contribution in [1.29, 1.82) is 0 Å². The average Bonchev–Trinajstić information content (AvgIpc) is 3.02. The van der Waals surface area contributed by atoms with E-state index in [0.717, 1.165) is 23.1 Å². The first-order valence-corrected chi connectivity index (χ1v) is 8.23. The lowest BCUT2D eigenvalue weighted by Gasteiger charge is -2.10. The summed E-state index contributed by atoms with van der Waals surface area (Å²) in [5, 5.41) is 0. The first kappa shape index (κ1) is 15.3. The third kappa shape index (κ3) is 3.48. The molecule has 0 amide bonds. The van der Waals surface area contributed by atoms with Crippen molar-refractivity contribution in [3.63, 3.8) is 0 Å². The molecule has 2 N–H and O–H groups in total. The molecule has 4 aromatic rings. The Morgan fingerprint density at radius 1 is 0.760 bits per heavy atom. The van der Waals surface area contributed by atoms with Crippen LogP contribution in [0.5, 0.6) is 5.75 Å². The van der Waals surface area contributed by atoms with Crippen LogP contribution in [0.3, 0.4) is 0 Å². The molecule has 4 rings (SSSR count). The molecule has 0 aliphatic rings. The van der Waals surface area contributed by atoms with Crippen molar-refractivity contribution in [3.8, 4) is 5.75 Å². The molecule has 1 heterocycles. The zero-order chi connectivity index (χ0) is 17.1. The van der Waals surface area contributed by atoms with Gasteiger partial charge in [-0.05, 0) is 35.2 Å². The van der Waals surface area contributed by atoms with Gasteiger partial charge in [0.15, 0.2) is 0 Å². The second kappa shape index (κ2) is 6.69. The van der Waals surface area contributed by atoms with E-state index in [1.165, 1.54) is 5.56 Å². The fourth-order valence-corrected chi connectivity index (χ4v) is 2.95. The van der Waals surface area contributed by atoms with Gasteiger partial charge in [-0.2, -0.15) is 0 Å². The number of rotatable bonds is 5. The van der Waals surface area contributed by atoms with Gasteiger partial charge in [0.05, 0.1) is 5.52 Å². The Morgan fingerprint density at radius 3 is 2.16 bits per heavy atom. The van der Waals surface area contributed by atoms with E-state index in [-0.39, 0.29) is 5.69 Å². The molecule has 0 saturated carbocycles. The Kier molecular flexibility index (Phi) is 4.09. The highest BCUT2D eigenvalue weighted by Crippen LogP contribution is 2.26. The maximum absolute atomic E-state index is 11.7. The zero-order valence-electron chi connectivity index (χ0n) is 13.7. The lowest BCUT2D eigenvalue weighted by Crippen LogP contribution is -2.00. The largest absolute Gasteiger partial charge is 0.487 e. The normalized spacial score (nSPS) is 10.9. The second-order valence-corrected chi connectivity index (χ2v) is 6.03. The van der Waals surface area contributed by atoms with Gasteiger partial charge in [0.25, 0.3) is 0 Å². The van der Waals surface area contributed by atoms with Crippen molar-refractivity contribution in [3.05, 3.63) is 100.0 Å². The highest BCUT2D eigenvalue weighted by molar-refractivity contribution is 5.82. The molecule has 0 radical (unpaired) electrons. The number of imidazole rings is 1. The molecule has 1 aromatic heterocycles. The van der Waals surface area contributed by atoms with Gasteiger partial charge in [0.2, 0.25) is 0 Å². The van der Waals surface area contributed by atoms with Gasteiger partial charge >= 0.3 is 5.69 Å². The van der Waals surface area contributed by atoms with E-state index in [1.807, 2.05) is 60.7 Å². The number of ether oxygens (including phenoxy) is 1. The first-order valence-electron chi connectivity index (χ1n) is 8.23. The van der Waals surface area contributed by atoms with E-state index in [0.29, 0.717) is 17.9 Å². The highest BCUT2D eigenvalue weighted by Gasteiger charge is 2.10. The molecule has 0 atom stereocenters. The molecule has 0 fully saturated rings. The van der Waals surface area contributed by atoms with E-state index in [9.17, 15) is 4.79 Å². The van der Waals surface area contributed by atoms with E-state index in [1.54, 1.807) is 0 Å². The van der Waals surface area contributed by atoms with Crippen LogP contribution in [0.15, 0.2) is 77.6 Å². The summed E-state index contributed by atoms with van der Waals surface area (Å²) in [5.41, 5.74) is 4.64. The number of aromatic amines is 2. The topological polar surface area (TPSA) is 57.9 Å². The summed E-state index contributed by atoms with van der Waals surface area (Å²) in [6.07, 6.45) is 0.783. The Hall–Kier alpha value is -3.27. The summed E-state index contributed by atoms with van der Waals surface area (Å²) in [5.74, 6) is 0.686. The van der Waals surface area contributed by atoms with Crippen molar-refractivity contribution in [1.82, 2.24) is 9.97 Å². The number of hydrogen-bond acceptors (Lipinski definition) is 2. The number of nitrogens with one attached hydrogen (secondary N) is 2. The summed E-state index contributed by atoms with van der Waals surface area (Å²) in [7, 11) is 0. The van der Waals surface area contributed by atoms with Crippen molar-refractivity contribution < 1.29 is 4.74 Å². The smallest absolute Gasteiger partial charge is 0.323 e. The lowest BCUT2D eigenvalue weighted by atomic mass is 10.0. The minimum absolute atomic E-state index is 0.226. The molecule has 3 aromatic carbocycles. The van der Waals surface area contributed by atoms with Crippen LogP contribution in [0.25, 0.3) is 11.0 Å². The standard InChI is InChI=1S/C21H18N2O2/c24-21-22-18-12-17(11-15-7-3-1-4-8-15)13-19(20(18)23-21)25-14-16-9-5-2-6-10-16/h1-10,12-13H,11,14H2,(H2,22,23,24). The molecule has 4 nitrogen and oxygen atoms in total. The first-order chi connectivity index (χ1) is 12.3. The Morgan fingerprint density at radius 2 is 1.44 bits per heavy atom.